The van der Waals surface area contributed by atoms with Crippen LogP contribution in [-0.4, -0.2) is 26.5 Å². The highest BCUT2D eigenvalue weighted by Crippen LogP contribution is 2.20. The Morgan fingerprint density at radius 1 is 1.27 bits per heavy atom. The zero-order valence-electron chi connectivity index (χ0n) is 12.9. The number of halogens is 2. The van der Waals surface area contributed by atoms with Crippen LogP contribution in [0.3, 0.4) is 0 Å². The molecule has 6 nitrogen and oxygen atoms in total. The zero-order chi connectivity index (χ0) is 14.7. The van der Waals surface area contributed by atoms with Gasteiger partial charge >= 0.3 is 0 Å². The minimum atomic E-state index is -0.182. The topological polar surface area (TPSA) is 85.3 Å². The van der Waals surface area contributed by atoms with Crippen molar-refractivity contribution < 1.29 is 4.79 Å². The van der Waals surface area contributed by atoms with Gasteiger partial charge in [-0.3, -0.25) is 9.20 Å². The highest BCUT2D eigenvalue weighted by Gasteiger charge is 2.23. The van der Waals surface area contributed by atoms with Crippen LogP contribution in [0.2, 0.25) is 0 Å². The lowest BCUT2D eigenvalue weighted by molar-refractivity contribution is -0.122. The first-order valence-corrected chi connectivity index (χ1v) is 6.83. The molecular formula is C14H23Cl2N5O. The molecular weight excluding hydrogens is 325 g/mol. The number of carbonyl (C=O) groups is 1. The van der Waals surface area contributed by atoms with E-state index in [4.69, 9.17) is 5.73 Å². The number of nitrogens with zero attached hydrogens (tertiary/aromatic N) is 3. The van der Waals surface area contributed by atoms with Crippen LogP contribution in [0.5, 0.6) is 0 Å². The third-order valence-corrected chi connectivity index (χ3v) is 3.11. The van der Waals surface area contributed by atoms with E-state index in [9.17, 15) is 4.79 Å². The molecule has 22 heavy (non-hydrogen) atoms. The quantitative estimate of drug-likeness (QED) is 0.867. The van der Waals surface area contributed by atoms with Crippen molar-refractivity contribution in [3.63, 3.8) is 0 Å². The summed E-state index contributed by atoms with van der Waals surface area (Å²) in [6, 6.07) is 5.38. The van der Waals surface area contributed by atoms with Crippen LogP contribution in [-0.2, 0) is 4.79 Å². The largest absolute Gasteiger partial charge is 0.346 e. The minimum Gasteiger partial charge on any atom is -0.346 e. The molecule has 2 unspecified atom stereocenters. The number of hydrogen-bond acceptors (Lipinski definition) is 4. The Bertz CT molecular complexity index is 600. The second-order valence-corrected chi connectivity index (χ2v) is 5.46. The Morgan fingerprint density at radius 2 is 1.95 bits per heavy atom. The fraction of sp³-hybridized carbons (Fsp3) is 0.500. The summed E-state index contributed by atoms with van der Waals surface area (Å²) < 4.78 is 1.90. The number of carbonyl (C=O) groups excluding carboxylic acids is 1. The molecule has 0 spiro atoms. The van der Waals surface area contributed by atoms with E-state index in [0.29, 0.717) is 6.42 Å². The molecule has 0 bridgehead atoms. The van der Waals surface area contributed by atoms with Gasteiger partial charge in [-0.25, -0.2) is 0 Å². The smallest absolute Gasteiger partial charge is 0.222 e. The van der Waals surface area contributed by atoms with Gasteiger partial charge in [-0.2, -0.15) is 0 Å². The van der Waals surface area contributed by atoms with Crippen molar-refractivity contribution in [2.75, 3.05) is 0 Å². The van der Waals surface area contributed by atoms with E-state index < -0.39 is 0 Å². The standard InChI is InChI=1S/C14H21N5O.2ClH/c1-9(2)13(16-12(20)8-10(3)15)14-18-17-11-6-4-5-7-19(11)14;;/h4-7,9-10,13H,8,15H2,1-3H3,(H,16,20);2*1H. The third-order valence-electron chi connectivity index (χ3n) is 3.11. The average Bonchev–Trinajstić information content (AvgIpc) is 2.78. The van der Waals surface area contributed by atoms with Crippen molar-refractivity contribution in [2.45, 2.75) is 39.3 Å². The summed E-state index contributed by atoms with van der Waals surface area (Å²) in [5.74, 6) is 0.889. The fourth-order valence-corrected chi connectivity index (χ4v) is 2.13. The number of amides is 1. The van der Waals surface area contributed by atoms with Crippen LogP contribution in [0.4, 0.5) is 0 Å². The number of hydrogen-bond donors (Lipinski definition) is 2. The summed E-state index contributed by atoms with van der Waals surface area (Å²) >= 11 is 0. The third kappa shape index (κ3) is 4.83. The van der Waals surface area contributed by atoms with E-state index in [1.807, 2.05) is 49.6 Å². The van der Waals surface area contributed by atoms with Gasteiger partial charge in [-0.15, -0.1) is 35.0 Å². The Hall–Kier alpha value is -1.37. The number of fused-ring (bicyclic) bond motifs is 1. The predicted octanol–water partition coefficient (Wildman–Crippen LogP) is 2.12. The van der Waals surface area contributed by atoms with Crippen LogP contribution in [0.25, 0.3) is 5.65 Å². The van der Waals surface area contributed by atoms with Crippen molar-refractivity contribution in [1.82, 2.24) is 19.9 Å². The lowest BCUT2D eigenvalue weighted by Crippen LogP contribution is -2.36. The van der Waals surface area contributed by atoms with Gasteiger partial charge in [-0.1, -0.05) is 19.9 Å². The Balaban J connectivity index is 0.00000220. The van der Waals surface area contributed by atoms with Gasteiger partial charge < -0.3 is 11.1 Å². The maximum Gasteiger partial charge on any atom is 0.222 e. The molecule has 2 aromatic heterocycles. The van der Waals surface area contributed by atoms with Gasteiger partial charge in [0.15, 0.2) is 11.5 Å². The van der Waals surface area contributed by atoms with Gasteiger partial charge in [0.2, 0.25) is 5.91 Å². The molecule has 0 aliphatic rings. The SMILES string of the molecule is CC(N)CC(=O)NC(c1nnc2ccccn12)C(C)C.Cl.Cl. The molecule has 2 heterocycles. The highest BCUT2D eigenvalue weighted by atomic mass is 35.5. The molecule has 8 heteroatoms. The molecule has 2 aromatic rings. The summed E-state index contributed by atoms with van der Waals surface area (Å²) in [5, 5.41) is 11.3. The highest BCUT2D eigenvalue weighted by molar-refractivity contribution is 5.85. The van der Waals surface area contributed by atoms with Crippen LogP contribution in [0, 0.1) is 5.92 Å². The molecule has 0 aliphatic carbocycles. The first kappa shape index (κ1) is 20.6. The molecule has 0 aromatic carbocycles. The fourth-order valence-electron chi connectivity index (χ4n) is 2.13. The summed E-state index contributed by atoms with van der Waals surface area (Å²) in [4.78, 5) is 12.0. The molecule has 0 radical (unpaired) electrons. The Labute approximate surface area is 142 Å². The zero-order valence-corrected chi connectivity index (χ0v) is 14.5. The van der Waals surface area contributed by atoms with Crippen molar-refractivity contribution in [1.29, 1.82) is 0 Å². The van der Waals surface area contributed by atoms with E-state index in [2.05, 4.69) is 15.5 Å². The number of aromatic nitrogens is 3. The number of nitrogens with two attached hydrogens (primary N) is 1. The van der Waals surface area contributed by atoms with Crippen molar-refractivity contribution in [2.24, 2.45) is 11.7 Å². The lowest BCUT2D eigenvalue weighted by Gasteiger charge is -2.21. The Morgan fingerprint density at radius 3 is 2.55 bits per heavy atom. The van der Waals surface area contributed by atoms with Gasteiger partial charge in [0, 0.05) is 18.7 Å². The molecule has 0 fully saturated rings. The first-order valence-electron chi connectivity index (χ1n) is 6.83. The average molecular weight is 348 g/mol. The van der Waals surface area contributed by atoms with Crippen molar-refractivity contribution in [3.8, 4) is 0 Å². The molecule has 0 aliphatic heterocycles. The van der Waals surface area contributed by atoms with Gasteiger partial charge in [0.25, 0.3) is 0 Å². The van der Waals surface area contributed by atoms with E-state index in [1.165, 1.54) is 0 Å². The minimum absolute atomic E-state index is 0. The molecule has 2 rings (SSSR count). The second kappa shape index (κ2) is 8.92. The van der Waals surface area contributed by atoms with Gasteiger partial charge in [0.05, 0.1) is 6.04 Å². The van der Waals surface area contributed by atoms with E-state index >= 15 is 0 Å². The van der Waals surface area contributed by atoms with Crippen molar-refractivity contribution in [3.05, 3.63) is 30.2 Å². The molecule has 124 valence electrons. The first-order chi connectivity index (χ1) is 9.49. The summed E-state index contributed by atoms with van der Waals surface area (Å²) in [5.41, 5.74) is 6.43. The van der Waals surface area contributed by atoms with Gasteiger partial charge in [0.1, 0.15) is 0 Å². The number of rotatable bonds is 5. The van der Waals surface area contributed by atoms with Crippen molar-refractivity contribution >= 4 is 36.4 Å². The van der Waals surface area contributed by atoms with E-state index in [0.717, 1.165) is 11.5 Å². The molecule has 0 saturated heterocycles. The number of nitrogens with one attached hydrogen (secondary N) is 1. The van der Waals surface area contributed by atoms with E-state index in [-0.39, 0.29) is 48.7 Å². The molecule has 1 amide bonds. The maximum atomic E-state index is 12.0. The molecule has 3 N–H and O–H groups in total. The molecule has 0 saturated carbocycles. The summed E-state index contributed by atoms with van der Waals surface area (Å²) in [6.45, 7) is 5.90. The van der Waals surface area contributed by atoms with E-state index in [1.54, 1.807) is 0 Å². The van der Waals surface area contributed by atoms with Crippen LogP contribution in [0.15, 0.2) is 24.4 Å². The summed E-state index contributed by atoms with van der Waals surface area (Å²) in [6.07, 6.45) is 2.21. The molecule has 2 atom stereocenters. The second-order valence-electron chi connectivity index (χ2n) is 5.46. The summed E-state index contributed by atoms with van der Waals surface area (Å²) in [7, 11) is 0. The maximum absolute atomic E-state index is 12.0. The van der Waals surface area contributed by atoms with Crippen LogP contribution < -0.4 is 11.1 Å². The van der Waals surface area contributed by atoms with Crippen LogP contribution in [0.1, 0.15) is 39.1 Å². The predicted molar refractivity (Wildman–Crippen MR) is 91.5 cm³/mol. The Kier molecular flexibility index (Phi) is 8.37. The monoisotopic (exact) mass is 347 g/mol. The van der Waals surface area contributed by atoms with Crippen LogP contribution >= 0.6 is 24.8 Å². The van der Waals surface area contributed by atoms with Gasteiger partial charge in [-0.05, 0) is 25.0 Å². The number of pyridine rings is 1. The lowest BCUT2D eigenvalue weighted by atomic mass is 10.0. The normalized spacial score (nSPS) is 13.1.